The third kappa shape index (κ3) is 1.86. The number of carboxylic acid groups (broad SMARTS) is 1. The number of aromatic carboxylic acids is 1. The predicted octanol–water partition coefficient (Wildman–Crippen LogP) is 3.38. The van der Waals surface area contributed by atoms with Gasteiger partial charge in [0.2, 0.25) is 0 Å². The molecular formula is C14H9ClN2O2. The zero-order valence-corrected chi connectivity index (χ0v) is 10.5. The monoisotopic (exact) mass is 272 g/mol. The standard InChI is InChI=1S/C14H9ClN2O2/c15-10-5-3-7-12(13(10)14(18)19)17-11-6-2-1-4-9(11)8-16-17/h1-8H,(H,18,19). The van der Waals surface area contributed by atoms with E-state index >= 15 is 0 Å². The molecule has 0 amide bonds. The maximum Gasteiger partial charge on any atom is 0.339 e. The molecule has 0 bridgehead atoms. The van der Waals surface area contributed by atoms with E-state index in [0.717, 1.165) is 10.9 Å². The number of aromatic nitrogens is 2. The quantitative estimate of drug-likeness (QED) is 0.778. The van der Waals surface area contributed by atoms with Gasteiger partial charge in [0.15, 0.2) is 0 Å². The van der Waals surface area contributed by atoms with Crippen LogP contribution in [0.2, 0.25) is 5.02 Å². The topological polar surface area (TPSA) is 55.1 Å². The summed E-state index contributed by atoms with van der Waals surface area (Å²) >= 11 is 5.97. The highest BCUT2D eigenvalue weighted by Crippen LogP contribution is 2.26. The first-order valence-corrected chi connectivity index (χ1v) is 6.01. The van der Waals surface area contributed by atoms with Crippen molar-refractivity contribution >= 4 is 28.5 Å². The summed E-state index contributed by atoms with van der Waals surface area (Å²) in [5.41, 5.74) is 1.35. The lowest BCUT2D eigenvalue weighted by molar-refractivity contribution is 0.0697. The zero-order chi connectivity index (χ0) is 13.4. The average molecular weight is 273 g/mol. The van der Waals surface area contributed by atoms with Gasteiger partial charge in [0, 0.05) is 5.39 Å². The van der Waals surface area contributed by atoms with Gasteiger partial charge in [0.1, 0.15) is 5.56 Å². The summed E-state index contributed by atoms with van der Waals surface area (Å²) in [6, 6.07) is 12.5. The van der Waals surface area contributed by atoms with E-state index in [-0.39, 0.29) is 10.6 Å². The lowest BCUT2D eigenvalue weighted by Gasteiger charge is -2.08. The fourth-order valence-electron chi connectivity index (χ4n) is 2.06. The summed E-state index contributed by atoms with van der Waals surface area (Å²) in [5, 5.41) is 14.7. The Labute approximate surface area is 113 Å². The number of nitrogens with zero attached hydrogens (tertiary/aromatic N) is 2. The second kappa shape index (κ2) is 4.40. The maximum absolute atomic E-state index is 11.3. The van der Waals surface area contributed by atoms with Crippen molar-refractivity contribution < 1.29 is 9.90 Å². The highest BCUT2D eigenvalue weighted by Gasteiger charge is 2.17. The predicted molar refractivity (Wildman–Crippen MR) is 73.0 cm³/mol. The highest BCUT2D eigenvalue weighted by molar-refractivity contribution is 6.34. The van der Waals surface area contributed by atoms with Crippen LogP contribution in [0.25, 0.3) is 16.6 Å². The summed E-state index contributed by atoms with van der Waals surface area (Å²) in [6.45, 7) is 0. The van der Waals surface area contributed by atoms with Crippen molar-refractivity contribution in [2.45, 2.75) is 0 Å². The molecular weight excluding hydrogens is 264 g/mol. The van der Waals surface area contributed by atoms with Gasteiger partial charge in [0.25, 0.3) is 0 Å². The largest absolute Gasteiger partial charge is 0.478 e. The minimum absolute atomic E-state index is 0.0537. The number of rotatable bonds is 2. The van der Waals surface area contributed by atoms with Crippen LogP contribution in [0.1, 0.15) is 10.4 Å². The molecule has 0 unspecified atom stereocenters. The van der Waals surface area contributed by atoms with E-state index in [1.807, 2.05) is 24.3 Å². The van der Waals surface area contributed by atoms with Crippen molar-refractivity contribution in [1.29, 1.82) is 0 Å². The smallest absolute Gasteiger partial charge is 0.339 e. The second-order valence-electron chi connectivity index (χ2n) is 4.05. The number of para-hydroxylation sites is 1. The Kier molecular flexibility index (Phi) is 2.72. The number of carboxylic acids is 1. The zero-order valence-electron chi connectivity index (χ0n) is 9.75. The molecule has 1 heterocycles. The number of halogens is 1. The van der Waals surface area contributed by atoms with E-state index < -0.39 is 5.97 Å². The Morgan fingerprint density at radius 1 is 1.16 bits per heavy atom. The van der Waals surface area contributed by atoms with Crippen LogP contribution in [0.4, 0.5) is 0 Å². The van der Waals surface area contributed by atoms with Gasteiger partial charge in [-0.2, -0.15) is 5.10 Å². The molecule has 3 aromatic rings. The van der Waals surface area contributed by atoms with E-state index in [9.17, 15) is 9.90 Å². The van der Waals surface area contributed by atoms with Crippen LogP contribution < -0.4 is 0 Å². The van der Waals surface area contributed by atoms with Gasteiger partial charge >= 0.3 is 5.97 Å². The third-order valence-corrected chi connectivity index (χ3v) is 3.23. The Morgan fingerprint density at radius 2 is 1.95 bits per heavy atom. The third-order valence-electron chi connectivity index (χ3n) is 2.91. The molecule has 4 nitrogen and oxygen atoms in total. The molecule has 1 N–H and O–H groups in total. The molecule has 94 valence electrons. The van der Waals surface area contributed by atoms with Crippen LogP contribution in [0, 0.1) is 0 Å². The molecule has 0 aliphatic heterocycles. The van der Waals surface area contributed by atoms with Crippen molar-refractivity contribution in [3.8, 4) is 5.69 Å². The van der Waals surface area contributed by atoms with Crippen molar-refractivity contribution in [2.75, 3.05) is 0 Å². The first-order valence-electron chi connectivity index (χ1n) is 5.63. The molecule has 0 saturated heterocycles. The molecule has 5 heteroatoms. The number of hydrogen-bond acceptors (Lipinski definition) is 2. The van der Waals surface area contributed by atoms with Crippen molar-refractivity contribution in [2.24, 2.45) is 0 Å². The van der Waals surface area contributed by atoms with Gasteiger partial charge in [-0.1, -0.05) is 35.9 Å². The van der Waals surface area contributed by atoms with Gasteiger partial charge < -0.3 is 5.11 Å². The molecule has 0 atom stereocenters. The number of carbonyl (C=O) groups is 1. The van der Waals surface area contributed by atoms with Crippen LogP contribution in [0.5, 0.6) is 0 Å². The molecule has 0 saturated carbocycles. The van der Waals surface area contributed by atoms with Crippen LogP contribution >= 0.6 is 11.6 Å². The normalized spacial score (nSPS) is 10.8. The number of benzene rings is 2. The first-order chi connectivity index (χ1) is 9.18. The minimum Gasteiger partial charge on any atom is -0.478 e. The van der Waals surface area contributed by atoms with Crippen molar-refractivity contribution in [3.63, 3.8) is 0 Å². The Bertz CT molecular complexity index is 780. The molecule has 0 spiro atoms. The average Bonchev–Trinajstić information content (AvgIpc) is 2.81. The van der Waals surface area contributed by atoms with E-state index in [1.54, 1.807) is 29.1 Å². The molecule has 1 aromatic heterocycles. The van der Waals surface area contributed by atoms with E-state index in [2.05, 4.69) is 5.10 Å². The van der Waals surface area contributed by atoms with Crippen LogP contribution in [-0.2, 0) is 0 Å². The first kappa shape index (κ1) is 11.7. The molecule has 19 heavy (non-hydrogen) atoms. The molecule has 0 radical (unpaired) electrons. The van der Waals surface area contributed by atoms with Crippen molar-refractivity contribution in [1.82, 2.24) is 9.78 Å². The summed E-state index contributed by atoms with van der Waals surface area (Å²) in [6.07, 6.45) is 1.70. The van der Waals surface area contributed by atoms with E-state index in [0.29, 0.717) is 5.69 Å². The van der Waals surface area contributed by atoms with Crippen molar-refractivity contribution in [3.05, 3.63) is 59.2 Å². The lowest BCUT2D eigenvalue weighted by atomic mass is 10.1. The van der Waals surface area contributed by atoms with Gasteiger partial charge in [0.05, 0.1) is 22.4 Å². The second-order valence-corrected chi connectivity index (χ2v) is 4.46. The highest BCUT2D eigenvalue weighted by atomic mass is 35.5. The lowest BCUT2D eigenvalue weighted by Crippen LogP contribution is -2.07. The Morgan fingerprint density at radius 3 is 2.74 bits per heavy atom. The Balaban J connectivity index is 2.33. The summed E-state index contributed by atoms with van der Waals surface area (Å²) < 4.78 is 1.59. The van der Waals surface area contributed by atoms with E-state index in [1.165, 1.54) is 0 Å². The van der Waals surface area contributed by atoms with Crippen LogP contribution in [0.3, 0.4) is 0 Å². The van der Waals surface area contributed by atoms with Gasteiger partial charge in [-0.3, -0.25) is 0 Å². The fraction of sp³-hybridized carbons (Fsp3) is 0. The van der Waals surface area contributed by atoms with Crippen LogP contribution in [-0.4, -0.2) is 20.9 Å². The molecule has 0 fully saturated rings. The van der Waals surface area contributed by atoms with Crippen LogP contribution in [0.15, 0.2) is 48.7 Å². The van der Waals surface area contributed by atoms with Gasteiger partial charge in [-0.15, -0.1) is 0 Å². The number of hydrogen-bond donors (Lipinski definition) is 1. The molecule has 0 aliphatic carbocycles. The SMILES string of the molecule is O=C(O)c1c(Cl)cccc1-n1ncc2ccccc21. The molecule has 3 rings (SSSR count). The van der Waals surface area contributed by atoms with Gasteiger partial charge in [-0.25, -0.2) is 9.48 Å². The summed E-state index contributed by atoms with van der Waals surface area (Å²) in [5.74, 6) is -1.07. The molecule has 2 aromatic carbocycles. The fourth-order valence-corrected chi connectivity index (χ4v) is 2.32. The Hall–Kier alpha value is -2.33. The van der Waals surface area contributed by atoms with E-state index in [4.69, 9.17) is 11.6 Å². The van der Waals surface area contributed by atoms with Gasteiger partial charge in [-0.05, 0) is 18.2 Å². The minimum atomic E-state index is -1.07. The molecule has 0 aliphatic rings. The number of fused-ring (bicyclic) bond motifs is 1. The summed E-state index contributed by atoms with van der Waals surface area (Å²) in [7, 11) is 0. The maximum atomic E-state index is 11.3. The summed E-state index contributed by atoms with van der Waals surface area (Å²) in [4.78, 5) is 11.3.